The van der Waals surface area contributed by atoms with Crippen LogP contribution in [0.1, 0.15) is 5.56 Å². The van der Waals surface area contributed by atoms with E-state index >= 15 is 0 Å². The molecular formula is C9H10ClNS. The third-order valence-electron chi connectivity index (χ3n) is 1.65. The monoisotopic (exact) mass is 199 g/mol. The Morgan fingerprint density at radius 2 is 2.17 bits per heavy atom. The number of aryl methyl sites for hydroxylation is 1. The lowest BCUT2D eigenvalue weighted by molar-refractivity contribution is 1.29. The Hall–Kier alpha value is -0.600. The quantitative estimate of drug-likeness (QED) is 0.389. The van der Waals surface area contributed by atoms with Gasteiger partial charge in [0, 0.05) is 12.7 Å². The van der Waals surface area contributed by atoms with Gasteiger partial charge in [-0.3, -0.25) is 0 Å². The smallest absolute Gasteiger partial charge is 0.174 e. The fraction of sp³-hybridized carbons (Fsp3) is 0.222. The van der Waals surface area contributed by atoms with E-state index in [-0.39, 0.29) is 0 Å². The van der Waals surface area contributed by atoms with Crippen LogP contribution in [0, 0.1) is 6.92 Å². The first kappa shape index (κ1) is 9.49. The molecule has 1 rings (SSSR count). The summed E-state index contributed by atoms with van der Waals surface area (Å²) in [7, 11) is 1.85. The highest BCUT2D eigenvalue weighted by Crippen LogP contribution is 2.15. The van der Waals surface area contributed by atoms with Crippen molar-refractivity contribution in [3.8, 4) is 0 Å². The maximum absolute atomic E-state index is 5.67. The number of rotatable bonds is 1. The van der Waals surface area contributed by atoms with Gasteiger partial charge in [0.15, 0.2) is 4.45 Å². The molecule has 0 aliphatic rings. The van der Waals surface area contributed by atoms with E-state index in [4.69, 9.17) is 23.8 Å². The minimum Gasteiger partial charge on any atom is -0.326 e. The molecule has 1 nitrogen and oxygen atoms in total. The van der Waals surface area contributed by atoms with E-state index in [1.165, 1.54) is 5.56 Å². The number of benzene rings is 1. The molecule has 3 heteroatoms. The molecule has 0 N–H and O–H groups in total. The highest BCUT2D eigenvalue weighted by molar-refractivity contribution is 7.83. The second-order valence-electron chi connectivity index (χ2n) is 2.65. The summed E-state index contributed by atoms with van der Waals surface area (Å²) in [5.74, 6) is 0. The van der Waals surface area contributed by atoms with Crippen molar-refractivity contribution in [2.45, 2.75) is 6.92 Å². The molecule has 0 spiro atoms. The van der Waals surface area contributed by atoms with Crippen molar-refractivity contribution < 1.29 is 0 Å². The lowest BCUT2D eigenvalue weighted by Gasteiger charge is -2.15. The van der Waals surface area contributed by atoms with Crippen molar-refractivity contribution in [2.24, 2.45) is 0 Å². The van der Waals surface area contributed by atoms with Crippen LogP contribution in [-0.4, -0.2) is 11.5 Å². The predicted octanol–water partition coefficient (Wildman–Crippen LogP) is 2.95. The molecule has 0 heterocycles. The highest BCUT2D eigenvalue weighted by atomic mass is 35.5. The molecule has 0 saturated heterocycles. The molecule has 12 heavy (non-hydrogen) atoms. The first-order chi connectivity index (χ1) is 5.61. The summed E-state index contributed by atoms with van der Waals surface area (Å²) < 4.78 is 0.362. The molecule has 0 aliphatic heterocycles. The zero-order valence-electron chi connectivity index (χ0n) is 7.04. The highest BCUT2D eigenvalue weighted by Gasteiger charge is 2.02. The Morgan fingerprint density at radius 1 is 1.50 bits per heavy atom. The van der Waals surface area contributed by atoms with Crippen LogP contribution >= 0.6 is 23.8 Å². The molecule has 0 aromatic heterocycles. The zero-order chi connectivity index (χ0) is 9.14. The van der Waals surface area contributed by atoms with Gasteiger partial charge in [0.25, 0.3) is 0 Å². The molecule has 0 amide bonds. The summed E-state index contributed by atoms with van der Waals surface area (Å²) >= 11 is 10.5. The van der Waals surface area contributed by atoms with Crippen LogP contribution < -0.4 is 4.90 Å². The van der Waals surface area contributed by atoms with Gasteiger partial charge in [0.2, 0.25) is 0 Å². The van der Waals surface area contributed by atoms with Crippen molar-refractivity contribution in [1.82, 2.24) is 0 Å². The van der Waals surface area contributed by atoms with E-state index in [2.05, 4.69) is 0 Å². The fourth-order valence-corrected chi connectivity index (χ4v) is 1.14. The van der Waals surface area contributed by atoms with Gasteiger partial charge in [-0.2, -0.15) is 0 Å². The van der Waals surface area contributed by atoms with Gasteiger partial charge in [0.05, 0.1) is 0 Å². The minimum atomic E-state index is 0.362. The second-order valence-corrected chi connectivity index (χ2v) is 3.62. The van der Waals surface area contributed by atoms with Crippen molar-refractivity contribution in [3.05, 3.63) is 29.8 Å². The third kappa shape index (κ3) is 2.19. The van der Waals surface area contributed by atoms with Gasteiger partial charge in [-0.25, -0.2) is 0 Å². The molecule has 1 aromatic rings. The van der Waals surface area contributed by atoms with E-state index in [9.17, 15) is 0 Å². The first-order valence-corrected chi connectivity index (χ1v) is 4.40. The molecular weight excluding hydrogens is 190 g/mol. The molecule has 0 radical (unpaired) electrons. The van der Waals surface area contributed by atoms with Crippen LogP contribution in [0.3, 0.4) is 0 Å². The van der Waals surface area contributed by atoms with Gasteiger partial charge in [-0.05, 0) is 36.8 Å². The number of nitrogens with zero attached hydrogens (tertiary/aromatic N) is 1. The third-order valence-corrected chi connectivity index (χ3v) is 2.18. The predicted molar refractivity (Wildman–Crippen MR) is 58.0 cm³/mol. The molecule has 0 unspecified atom stereocenters. The maximum atomic E-state index is 5.67. The van der Waals surface area contributed by atoms with E-state index in [1.54, 1.807) is 4.90 Å². The van der Waals surface area contributed by atoms with Gasteiger partial charge in [0.1, 0.15) is 0 Å². The normalized spacial score (nSPS) is 9.58. The Labute approximate surface area is 82.9 Å². The maximum Gasteiger partial charge on any atom is 0.174 e. The molecule has 0 fully saturated rings. The lowest BCUT2D eigenvalue weighted by atomic mass is 10.2. The number of hydrogen-bond donors (Lipinski definition) is 0. The Bertz CT molecular complexity index is 298. The number of hydrogen-bond acceptors (Lipinski definition) is 1. The Balaban J connectivity index is 2.95. The standard InChI is InChI=1S/C9H10ClNS/c1-7-4-3-5-8(6-7)11(2)9(10)12/h3-6H,1-2H3. The summed E-state index contributed by atoms with van der Waals surface area (Å²) in [4.78, 5) is 1.77. The van der Waals surface area contributed by atoms with Gasteiger partial charge < -0.3 is 4.90 Å². The molecule has 0 saturated carbocycles. The fourth-order valence-electron chi connectivity index (χ4n) is 0.938. The van der Waals surface area contributed by atoms with Crippen molar-refractivity contribution in [2.75, 3.05) is 11.9 Å². The first-order valence-electron chi connectivity index (χ1n) is 3.61. The van der Waals surface area contributed by atoms with Gasteiger partial charge >= 0.3 is 0 Å². The largest absolute Gasteiger partial charge is 0.326 e. The summed E-state index contributed by atoms with van der Waals surface area (Å²) in [6, 6.07) is 8.03. The number of halogens is 1. The summed E-state index contributed by atoms with van der Waals surface area (Å²) in [6.07, 6.45) is 0. The second kappa shape index (κ2) is 3.87. The van der Waals surface area contributed by atoms with Crippen LogP contribution in [0.25, 0.3) is 0 Å². The van der Waals surface area contributed by atoms with Crippen LogP contribution in [-0.2, 0) is 0 Å². The molecule has 0 aliphatic carbocycles. The SMILES string of the molecule is Cc1cccc(N(C)C(=S)Cl)c1. The van der Waals surface area contributed by atoms with Crippen LogP contribution in [0.2, 0.25) is 0 Å². The number of anilines is 1. The lowest BCUT2D eigenvalue weighted by Crippen LogP contribution is -2.19. The Morgan fingerprint density at radius 3 is 2.67 bits per heavy atom. The van der Waals surface area contributed by atoms with Crippen molar-refractivity contribution >= 4 is 34.0 Å². The zero-order valence-corrected chi connectivity index (χ0v) is 8.62. The molecule has 64 valence electrons. The summed E-state index contributed by atoms with van der Waals surface area (Å²) in [6.45, 7) is 2.04. The molecule has 0 atom stereocenters. The van der Waals surface area contributed by atoms with E-state index in [1.807, 2.05) is 38.2 Å². The van der Waals surface area contributed by atoms with Crippen LogP contribution in [0.15, 0.2) is 24.3 Å². The average molecular weight is 200 g/mol. The summed E-state index contributed by atoms with van der Waals surface area (Å²) in [5, 5.41) is 0. The van der Waals surface area contributed by atoms with Crippen LogP contribution in [0.5, 0.6) is 0 Å². The summed E-state index contributed by atoms with van der Waals surface area (Å²) in [5.41, 5.74) is 2.22. The molecule has 1 aromatic carbocycles. The van der Waals surface area contributed by atoms with Crippen LogP contribution in [0.4, 0.5) is 5.69 Å². The van der Waals surface area contributed by atoms with Crippen molar-refractivity contribution in [1.29, 1.82) is 0 Å². The van der Waals surface area contributed by atoms with E-state index < -0.39 is 0 Å². The topological polar surface area (TPSA) is 3.24 Å². The van der Waals surface area contributed by atoms with Crippen molar-refractivity contribution in [3.63, 3.8) is 0 Å². The Kier molecular flexibility index (Phi) is 3.06. The van der Waals surface area contributed by atoms with E-state index in [0.29, 0.717) is 4.45 Å². The van der Waals surface area contributed by atoms with Gasteiger partial charge in [-0.15, -0.1) is 0 Å². The molecule has 0 bridgehead atoms. The number of thiocarbonyl (C=S) groups is 1. The minimum absolute atomic E-state index is 0.362. The van der Waals surface area contributed by atoms with Gasteiger partial charge in [-0.1, -0.05) is 23.7 Å². The average Bonchev–Trinajstić information content (AvgIpc) is 2.03. The van der Waals surface area contributed by atoms with E-state index in [0.717, 1.165) is 5.69 Å².